The SMILES string of the molecule is CCCC(CCC)C(=O)Nc1ccc2c(c1)N(C(=O)CCN1CCN(C)CC1)c1ccccc1CC2.Cl.Cl. The zero-order valence-electron chi connectivity index (χ0n) is 23.1. The second-order valence-electron chi connectivity index (χ2n) is 10.4. The van der Waals surface area contributed by atoms with Crippen LogP contribution in [0.25, 0.3) is 0 Å². The number of carbonyl (C=O) groups excluding carboxylic acids is 2. The lowest BCUT2D eigenvalue weighted by Crippen LogP contribution is -2.45. The predicted molar refractivity (Wildman–Crippen MR) is 162 cm³/mol. The molecule has 1 N–H and O–H groups in total. The molecule has 2 aromatic rings. The van der Waals surface area contributed by atoms with Crippen molar-refractivity contribution < 1.29 is 9.59 Å². The number of fused-ring (bicyclic) bond motifs is 2. The van der Waals surface area contributed by atoms with Crippen molar-refractivity contribution in [3.05, 3.63) is 53.6 Å². The zero-order valence-corrected chi connectivity index (χ0v) is 24.7. The summed E-state index contributed by atoms with van der Waals surface area (Å²) in [7, 11) is 2.15. The maximum atomic E-state index is 13.8. The van der Waals surface area contributed by atoms with Gasteiger partial charge in [-0.3, -0.25) is 14.5 Å². The molecule has 2 amide bonds. The van der Waals surface area contributed by atoms with Crippen molar-refractivity contribution in [2.24, 2.45) is 5.92 Å². The highest BCUT2D eigenvalue weighted by atomic mass is 35.5. The number of benzene rings is 2. The quantitative estimate of drug-likeness (QED) is 0.402. The van der Waals surface area contributed by atoms with Gasteiger partial charge in [-0.2, -0.15) is 0 Å². The van der Waals surface area contributed by atoms with Crippen LogP contribution in [0.3, 0.4) is 0 Å². The van der Waals surface area contributed by atoms with E-state index in [1.165, 1.54) is 5.56 Å². The molecule has 6 nitrogen and oxygen atoms in total. The first-order chi connectivity index (χ1) is 17.5. The fraction of sp³-hybridized carbons (Fsp3) is 0.533. The average Bonchev–Trinajstić information content (AvgIpc) is 3.04. The lowest BCUT2D eigenvalue weighted by Gasteiger charge is -2.33. The molecule has 2 aliphatic rings. The number of piperazine rings is 1. The normalized spacial score (nSPS) is 15.5. The third kappa shape index (κ3) is 7.95. The maximum absolute atomic E-state index is 13.8. The van der Waals surface area contributed by atoms with Gasteiger partial charge in [0.1, 0.15) is 0 Å². The van der Waals surface area contributed by atoms with Crippen molar-refractivity contribution in [2.75, 3.05) is 50.0 Å². The minimum atomic E-state index is 0. The molecule has 0 bridgehead atoms. The minimum absolute atomic E-state index is 0. The molecular weight excluding hydrogens is 519 g/mol. The van der Waals surface area contributed by atoms with Crippen LogP contribution in [0.4, 0.5) is 17.1 Å². The van der Waals surface area contributed by atoms with E-state index in [0.717, 1.165) is 93.9 Å². The standard InChI is InChI=1S/C30H42N4O2.2ClH/c1-4-8-25(9-5-2)30(36)31-26-15-14-24-13-12-23-10-6-7-11-27(23)34(28(24)22-26)29(35)16-17-33-20-18-32(3)19-21-33;;/h6-7,10-11,14-15,22,25H,4-5,8-9,12-13,16-21H2,1-3H3,(H,31,36);2*1H. The van der Waals surface area contributed by atoms with Crippen molar-refractivity contribution in [1.29, 1.82) is 0 Å². The number of likely N-dealkylation sites (N-methyl/N-ethyl adjacent to an activating group) is 1. The van der Waals surface area contributed by atoms with E-state index in [2.05, 4.69) is 60.3 Å². The number of rotatable bonds is 9. The summed E-state index contributed by atoms with van der Waals surface area (Å²) in [6.07, 6.45) is 6.03. The smallest absolute Gasteiger partial charge is 0.232 e. The van der Waals surface area contributed by atoms with Crippen LogP contribution in [0, 0.1) is 5.92 Å². The van der Waals surface area contributed by atoms with Crippen LogP contribution < -0.4 is 10.2 Å². The molecule has 0 aromatic heterocycles. The highest BCUT2D eigenvalue weighted by Crippen LogP contribution is 2.38. The molecule has 0 aliphatic carbocycles. The van der Waals surface area contributed by atoms with Gasteiger partial charge in [-0.25, -0.2) is 0 Å². The second-order valence-corrected chi connectivity index (χ2v) is 10.4. The van der Waals surface area contributed by atoms with Gasteiger partial charge < -0.3 is 15.1 Å². The van der Waals surface area contributed by atoms with Gasteiger partial charge >= 0.3 is 0 Å². The summed E-state index contributed by atoms with van der Waals surface area (Å²) >= 11 is 0. The van der Waals surface area contributed by atoms with Crippen LogP contribution in [0.2, 0.25) is 0 Å². The summed E-state index contributed by atoms with van der Waals surface area (Å²) in [5.74, 6) is 0.226. The van der Waals surface area contributed by atoms with Crippen molar-refractivity contribution in [3.8, 4) is 0 Å². The first kappa shape index (κ1) is 32.1. The maximum Gasteiger partial charge on any atom is 0.232 e. The number of anilines is 3. The van der Waals surface area contributed by atoms with E-state index < -0.39 is 0 Å². The Morgan fingerprint density at radius 1 is 0.868 bits per heavy atom. The number of hydrogen-bond acceptors (Lipinski definition) is 4. The van der Waals surface area contributed by atoms with Crippen LogP contribution in [-0.2, 0) is 22.4 Å². The molecular formula is C30H44Cl2N4O2. The summed E-state index contributed by atoms with van der Waals surface area (Å²) < 4.78 is 0. The van der Waals surface area contributed by atoms with Crippen molar-refractivity contribution in [3.63, 3.8) is 0 Å². The Hall–Kier alpha value is -2.12. The first-order valence-electron chi connectivity index (χ1n) is 13.8. The summed E-state index contributed by atoms with van der Waals surface area (Å²) in [6.45, 7) is 9.12. The minimum Gasteiger partial charge on any atom is -0.326 e. The topological polar surface area (TPSA) is 55.9 Å². The zero-order chi connectivity index (χ0) is 25.5. The lowest BCUT2D eigenvalue weighted by atomic mass is 9.97. The molecule has 0 atom stereocenters. The van der Waals surface area contributed by atoms with Crippen molar-refractivity contribution in [1.82, 2.24) is 9.80 Å². The molecule has 2 aliphatic heterocycles. The highest BCUT2D eigenvalue weighted by molar-refractivity contribution is 6.03. The van der Waals surface area contributed by atoms with E-state index in [1.807, 2.05) is 23.1 Å². The van der Waals surface area contributed by atoms with E-state index in [4.69, 9.17) is 0 Å². The number of halogens is 2. The van der Waals surface area contributed by atoms with Gasteiger partial charge in [0.05, 0.1) is 11.4 Å². The molecule has 0 spiro atoms. The number of nitrogens with zero attached hydrogens (tertiary/aromatic N) is 3. The Morgan fingerprint density at radius 2 is 1.50 bits per heavy atom. The summed E-state index contributed by atoms with van der Waals surface area (Å²) in [5.41, 5.74) is 4.99. The van der Waals surface area contributed by atoms with Gasteiger partial charge in [0.2, 0.25) is 11.8 Å². The first-order valence-corrected chi connectivity index (χ1v) is 13.8. The van der Waals surface area contributed by atoms with E-state index in [9.17, 15) is 9.59 Å². The molecule has 1 fully saturated rings. The third-order valence-electron chi connectivity index (χ3n) is 7.62. The largest absolute Gasteiger partial charge is 0.326 e. The highest BCUT2D eigenvalue weighted by Gasteiger charge is 2.27. The average molecular weight is 564 g/mol. The Morgan fingerprint density at radius 3 is 2.16 bits per heavy atom. The lowest BCUT2D eigenvalue weighted by molar-refractivity contribution is -0.120. The van der Waals surface area contributed by atoms with E-state index in [-0.39, 0.29) is 42.5 Å². The fourth-order valence-electron chi connectivity index (χ4n) is 5.45. The number of carbonyl (C=O) groups is 2. The van der Waals surface area contributed by atoms with Crippen LogP contribution in [-0.4, -0.2) is 61.4 Å². The Bertz CT molecular complexity index is 1050. The molecule has 1 saturated heterocycles. The van der Waals surface area contributed by atoms with Gasteiger partial charge in [-0.1, -0.05) is 51.0 Å². The van der Waals surface area contributed by atoms with Crippen LogP contribution in [0.1, 0.15) is 57.1 Å². The van der Waals surface area contributed by atoms with Crippen LogP contribution in [0.15, 0.2) is 42.5 Å². The monoisotopic (exact) mass is 562 g/mol. The van der Waals surface area contributed by atoms with Crippen LogP contribution >= 0.6 is 24.8 Å². The van der Waals surface area contributed by atoms with E-state index in [1.54, 1.807) is 0 Å². The number of para-hydroxylation sites is 1. The molecule has 4 rings (SSSR count). The number of aryl methyl sites for hydroxylation is 2. The number of amides is 2. The van der Waals surface area contributed by atoms with Gasteiger partial charge in [0.15, 0.2) is 0 Å². The molecule has 0 unspecified atom stereocenters. The Balaban J connectivity index is 0.00000253. The Kier molecular flexibility index (Phi) is 13.1. The number of nitrogens with one attached hydrogen (secondary N) is 1. The van der Waals surface area contributed by atoms with E-state index in [0.29, 0.717) is 6.42 Å². The molecule has 0 radical (unpaired) electrons. The molecule has 210 valence electrons. The van der Waals surface area contributed by atoms with Gasteiger partial charge in [0.25, 0.3) is 0 Å². The van der Waals surface area contributed by atoms with Gasteiger partial charge in [-0.15, -0.1) is 24.8 Å². The molecule has 8 heteroatoms. The van der Waals surface area contributed by atoms with Crippen molar-refractivity contribution >= 4 is 53.7 Å². The summed E-state index contributed by atoms with van der Waals surface area (Å²) in [6, 6.07) is 14.3. The molecule has 38 heavy (non-hydrogen) atoms. The fourth-order valence-corrected chi connectivity index (χ4v) is 5.45. The second kappa shape index (κ2) is 15.5. The molecule has 2 heterocycles. The third-order valence-corrected chi connectivity index (χ3v) is 7.62. The van der Waals surface area contributed by atoms with Gasteiger partial charge in [-0.05, 0) is 62.1 Å². The van der Waals surface area contributed by atoms with Gasteiger partial charge in [0, 0.05) is 50.7 Å². The summed E-state index contributed by atoms with van der Waals surface area (Å²) in [4.78, 5) is 33.5. The number of hydrogen-bond donors (Lipinski definition) is 1. The van der Waals surface area contributed by atoms with E-state index >= 15 is 0 Å². The Labute approximate surface area is 241 Å². The van der Waals surface area contributed by atoms with Crippen LogP contribution in [0.5, 0.6) is 0 Å². The molecule has 0 saturated carbocycles. The molecule has 2 aromatic carbocycles. The summed E-state index contributed by atoms with van der Waals surface area (Å²) in [5, 5.41) is 3.16. The van der Waals surface area contributed by atoms with Crippen molar-refractivity contribution in [2.45, 2.75) is 58.8 Å². The predicted octanol–water partition coefficient (Wildman–Crippen LogP) is 6.09.